The first-order chi connectivity index (χ1) is 30.2. The molecule has 2 aliphatic carbocycles. The van der Waals surface area contributed by atoms with E-state index in [1.807, 2.05) is 0 Å². The van der Waals surface area contributed by atoms with Gasteiger partial charge in [0, 0.05) is 0 Å². The van der Waals surface area contributed by atoms with Crippen LogP contribution in [-0.4, -0.2) is 5.92 Å². The van der Waals surface area contributed by atoms with Gasteiger partial charge in [0.15, 0.2) is 0 Å². The fourth-order valence-corrected chi connectivity index (χ4v) is 42.9. The van der Waals surface area contributed by atoms with Crippen molar-refractivity contribution in [2.45, 2.75) is 59.9 Å². The number of allylic oxidation sites excluding steroid dienone is 2. The van der Waals surface area contributed by atoms with Gasteiger partial charge in [-0.05, 0) is 0 Å². The zero-order valence-corrected chi connectivity index (χ0v) is 41.3. The van der Waals surface area contributed by atoms with Crippen LogP contribution in [0.4, 0.5) is 0 Å². The molecule has 8 aromatic carbocycles. The quantitative estimate of drug-likeness (QED) is 0.113. The molecule has 0 bridgehead atoms. The molecule has 62 heavy (non-hydrogen) atoms. The summed E-state index contributed by atoms with van der Waals surface area (Å²) in [4.78, 5) is 0. The number of halogens is 2. The molecule has 0 nitrogen and oxygen atoms in total. The Hall–Kier alpha value is -4.56. The Morgan fingerprint density at radius 2 is 0.726 bits per heavy atom. The predicted octanol–water partition coefficient (Wildman–Crippen LogP) is 17.8. The number of rotatable bonds is 11. The third kappa shape index (κ3) is 6.63. The Balaban J connectivity index is 1.16. The van der Waals surface area contributed by atoms with E-state index in [4.69, 9.17) is 17.0 Å². The first-order valence-electron chi connectivity index (χ1n) is 22.6. The Bertz CT molecular complexity index is 2890. The van der Waals surface area contributed by atoms with Gasteiger partial charge in [0.2, 0.25) is 0 Å². The summed E-state index contributed by atoms with van der Waals surface area (Å²) >= 11 is -5.06. The van der Waals surface area contributed by atoms with Gasteiger partial charge in [0.05, 0.1) is 0 Å². The second-order valence-corrected chi connectivity index (χ2v) is 60.5. The first-order valence-corrected chi connectivity index (χ1v) is 38.9. The van der Waals surface area contributed by atoms with Crippen molar-refractivity contribution in [1.82, 2.24) is 0 Å². The topological polar surface area (TPSA) is 0 Å². The molecular weight excluding hydrogens is 887 g/mol. The number of hydrogen-bond acceptors (Lipinski definition) is 0. The fraction of sp³-hybridized carbons (Fsp3) is 0.172. The molecule has 2 atom stereocenters. The zero-order chi connectivity index (χ0) is 42.6. The molecule has 0 saturated heterocycles. The van der Waals surface area contributed by atoms with E-state index < -0.39 is 21.5 Å². The molecule has 2 aliphatic rings. The van der Waals surface area contributed by atoms with E-state index in [1.165, 1.54) is 99.5 Å². The number of fused-ring (bicyclic) bond motifs is 4. The van der Waals surface area contributed by atoms with E-state index in [2.05, 4.69) is 209 Å². The average molecular weight is 940 g/mol. The van der Waals surface area contributed by atoms with E-state index in [0.717, 1.165) is 25.7 Å². The van der Waals surface area contributed by atoms with Crippen LogP contribution in [0.2, 0.25) is 13.1 Å². The van der Waals surface area contributed by atoms with E-state index >= 15 is 0 Å². The normalized spacial score (nSPS) is 16.5. The van der Waals surface area contributed by atoms with Crippen molar-refractivity contribution in [3.8, 4) is 44.5 Å². The Kier molecular flexibility index (Phi) is 11.1. The minimum absolute atomic E-state index is 0.0360. The van der Waals surface area contributed by atoms with Crippen LogP contribution in [0, 0.1) is 0 Å². The molecule has 0 radical (unpaired) electrons. The van der Waals surface area contributed by atoms with Gasteiger partial charge in [-0.25, -0.2) is 0 Å². The van der Waals surface area contributed by atoms with E-state index in [-0.39, 0.29) is 7.25 Å². The molecular formula is C58H53Cl2SiZr. The number of hydrogen-bond donors (Lipinski definition) is 0. The third-order valence-corrected chi connectivity index (χ3v) is 66.0. The molecule has 8 aromatic rings. The molecule has 0 N–H and O–H groups in total. The van der Waals surface area contributed by atoms with Gasteiger partial charge < -0.3 is 0 Å². The van der Waals surface area contributed by atoms with E-state index in [9.17, 15) is 0 Å². The van der Waals surface area contributed by atoms with E-state index in [0.29, 0.717) is 0 Å². The summed E-state index contributed by atoms with van der Waals surface area (Å²) < 4.78 is 0.0720. The third-order valence-electron chi connectivity index (χ3n) is 14.2. The average Bonchev–Trinajstić information content (AvgIpc) is 3.88. The molecule has 4 heteroatoms. The predicted molar refractivity (Wildman–Crippen MR) is 271 cm³/mol. The molecule has 10 rings (SSSR count). The summed E-state index contributed by atoms with van der Waals surface area (Å²) in [7, 11) is 18.0. The van der Waals surface area contributed by atoms with Gasteiger partial charge in [-0.2, -0.15) is 0 Å². The SMILES string of the molecule is CCCC1=Cc2c(-c3ccccc3-c3cccc4ccccc34)cccc2[CH]1[Zr]([Cl])([Cl])([CH]1C(CCC)=Cc2c(-c3ccccc3-c3cccc4ccccc34)cccc21)[SiH](C)C. The van der Waals surface area contributed by atoms with Crippen molar-refractivity contribution >= 4 is 56.6 Å². The number of benzene rings is 8. The molecule has 0 aliphatic heterocycles. The molecule has 0 saturated carbocycles. The zero-order valence-electron chi connectivity index (χ0n) is 36.1. The molecule has 0 spiro atoms. The van der Waals surface area contributed by atoms with Crippen molar-refractivity contribution in [1.29, 1.82) is 0 Å². The monoisotopic (exact) mass is 937 g/mol. The van der Waals surface area contributed by atoms with Crippen molar-refractivity contribution in [2.24, 2.45) is 0 Å². The van der Waals surface area contributed by atoms with Crippen LogP contribution in [0.25, 0.3) is 78.2 Å². The first kappa shape index (κ1) is 41.5. The van der Waals surface area contributed by atoms with Gasteiger partial charge in [-0.15, -0.1) is 0 Å². The van der Waals surface area contributed by atoms with E-state index in [1.54, 1.807) is 0 Å². The Morgan fingerprint density at radius 1 is 0.403 bits per heavy atom. The van der Waals surface area contributed by atoms with Crippen LogP contribution < -0.4 is 0 Å². The van der Waals surface area contributed by atoms with Gasteiger partial charge >= 0.3 is 380 Å². The summed E-state index contributed by atoms with van der Waals surface area (Å²) in [5.74, 6) is -1.76. The Labute approximate surface area is 376 Å². The van der Waals surface area contributed by atoms with Crippen molar-refractivity contribution in [2.75, 3.05) is 0 Å². The van der Waals surface area contributed by atoms with Gasteiger partial charge in [-0.1, -0.05) is 0 Å². The van der Waals surface area contributed by atoms with Crippen LogP contribution in [0.1, 0.15) is 69.0 Å². The van der Waals surface area contributed by atoms with Gasteiger partial charge in [0.1, 0.15) is 0 Å². The standard InChI is InChI=1S/2C28H23.C2H7Si.2ClH.Zr/c2*1-2-9-20-18-22-12-8-17-27(28(22)19-20)26-15-6-5-14-25(26)24-16-7-11-21-10-3-4-13-23(21)24;1-3-2;;;/h2*3-8,10-19H,2,9H2,1H3;3H,1-2H3;2*1H;/q;;;;;+2/p-2. The maximum absolute atomic E-state index is 9.00. The minimum atomic E-state index is -5.06. The summed E-state index contributed by atoms with van der Waals surface area (Å²) in [5.41, 5.74) is 18.2. The molecule has 0 aromatic heterocycles. The van der Waals surface area contributed by atoms with Crippen molar-refractivity contribution in [3.05, 3.63) is 203 Å². The van der Waals surface area contributed by atoms with Crippen LogP contribution in [0.3, 0.4) is 0 Å². The van der Waals surface area contributed by atoms with Gasteiger partial charge in [0.25, 0.3) is 0 Å². The van der Waals surface area contributed by atoms with Crippen molar-refractivity contribution in [3.63, 3.8) is 0 Å². The van der Waals surface area contributed by atoms with Crippen LogP contribution >= 0.6 is 17.0 Å². The second-order valence-electron chi connectivity index (χ2n) is 17.9. The molecule has 0 fully saturated rings. The van der Waals surface area contributed by atoms with Crippen LogP contribution in [0.5, 0.6) is 0 Å². The summed E-state index contributed by atoms with van der Waals surface area (Å²) in [5, 5.41) is 5.04. The van der Waals surface area contributed by atoms with Crippen molar-refractivity contribution < 1.29 is 15.6 Å². The fourth-order valence-electron chi connectivity index (χ4n) is 11.4. The summed E-state index contributed by atoms with van der Waals surface area (Å²) in [6.45, 7) is 9.58. The van der Waals surface area contributed by atoms with Crippen LogP contribution in [0.15, 0.2) is 181 Å². The molecule has 307 valence electrons. The second kappa shape index (κ2) is 16.5. The molecule has 2 unspecified atom stereocenters. The maximum atomic E-state index is 9.00. The van der Waals surface area contributed by atoms with Gasteiger partial charge in [-0.3, -0.25) is 0 Å². The Morgan fingerprint density at radius 3 is 1.13 bits per heavy atom. The molecule has 0 amide bonds. The summed E-state index contributed by atoms with van der Waals surface area (Å²) in [6.07, 6.45) is 9.13. The van der Waals surface area contributed by atoms with Crippen LogP contribution in [-0.2, 0) is 15.6 Å². The summed E-state index contributed by atoms with van der Waals surface area (Å²) in [6, 6.07) is 62.8. The molecule has 0 heterocycles.